The van der Waals surface area contributed by atoms with Gasteiger partial charge in [-0.3, -0.25) is 4.79 Å². The summed E-state index contributed by atoms with van der Waals surface area (Å²) in [5.74, 6) is -0.471. The predicted octanol–water partition coefficient (Wildman–Crippen LogP) is 0.887. The zero-order chi connectivity index (χ0) is 17.6. The molecule has 2 heterocycles. The average molecular weight is 346 g/mol. The van der Waals surface area contributed by atoms with E-state index in [4.69, 9.17) is 4.74 Å². The molecule has 7 nitrogen and oxygen atoms in total. The van der Waals surface area contributed by atoms with E-state index in [0.717, 1.165) is 0 Å². The Kier molecular flexibility index (Phi) is 4.67. The van der Waals surface area contributed by atoms with Crippen molar-refractivity contribution >= 4 is 21.8 Å². The highest BCUT2D eigenvalue weighted by Gasteiger charge is 2.50. The first-order valence-corrected chi connectivity index (χ1v) is 9.74. The number of ether oxygens (including phenoxy) is 1. The van der Waals surface area contributed by atoms with E-state index in [1.165, 1.54) is 4.90 Å². The maximum Gasteiger partial charge on any atom is 0.410 e. The molecule has 0 aromatic carbocycles. The highest BCUT2D eigenvalue weighted by molar-refractivity contribution is 7.91. The second-order valence-electron chi connectivity index (χ2n) is 7.57. The number of rotatable bonds is 1. The Balaban J connectivity index is 2.25. The van der Waals surface area contributed by atoms with Crippen LogP contribution in [0.1, 0.15) is 34.6 Å². The molecule has 2 aliphatic rings. The van der Waals surface area contributed by atoms with Crippen LogP contribution in [0.4, 0.5) is 4.79 Å². The monoisotopic (exact) mass is 346 g/mol. The molecule has 2 saturated heterocycles. The lowest BCUT2D eigenvalue weighted by Gasteiger charge is -2.44. The van der Waals surface area contributed by atoms with E-state index < -0.39 is 33.6 Å². The van der Waals surface area contributed by atoms with Crippen LogP contribution in [0, 0.1) is 5.92 Å². The summed E-state index contributed by atoms with van der Waals surface area (Å²) in [5.41, 5.74) is -0.644. The molecular weight excluding hydrogens is 320 g/mol. The molecule has 0 unspecified atom stereocenters. The van der Waals surface area contributed by atoms with Crippen LogP contribution in [0.3, 0.4) is 0 Å². The molecule has 2 rings (SSSR count). The first-order valence-electron chi connectivity index (χ1n) is 7.92. The molecule has 0 radical (unpaired) electrons. The van der Waals surface area contributed by atoms with Crippen LogP contribution in [-0.4, -0.2) is 72.5 Å². The van der Waals surface area contributed by atoms with Crippen LogP contribution in [0.5, 0.6) is 0 Å². The van der Waals surface area contributed by atoms with Crippen molar-refractivity contribution in [1.29, 1.82) is 0 Å². The summed E-state index contributed by atoms with van der Waals surface area (Å²) in [6.45, 7) is 9.53. The fraction of sp³-hybridized carbons (Fsp3) is 0.867. The van der Waals surface area contributed by atoms with Crippen LogP contribution in [0.25, 0.3) is 0 Å². The summed E-state index contributed by atoms with van der Waals surface area (Å²) in [4.78, 5) is 27.8. The summed E-state index contributed by atoms with van der Waals surface area (Å²) in [7, 11) is -3.27. The zero-order valence-corrected chi connectivity index (χ0v) is 15.2. The molecule has 23 heavy (non-hydrogen) atoms. The highest BCUT2D eigenvalue weighted by atomic mass is 32.2. The molecule has 2 amide bonds. The number of piperazine rings is 1. The Morgan fingerprint density at radius 3 is 2.00 bits per heavy atom. The summed E-state index contributed by atoms with van der Waals surface area (Å²) in [6.07, 6.45) is -0.513. The van der Waals surface area contributed by atoms with E-state index in [1.807, 2.05) is 0 Å². The minimum Gasteiger partial charge on any atom is -0.444 e. The molecule has 8 heteroatoms. The van der Waals surface area contributed by atoms with Crippen molar-refractivity contribution in [2.24, 2.45) is 5.92 Å². The minimum atomic E-state index is -3.27. The fourth-order valence-corrected chi connectivity index (χ4v) is 5.09. The number of amides is 2. The van der Waals surface area contributed by atoms with E-state index in [-0.39, 0.29) is 23.3 Å². The van der Waals surface area contributed by atoms with Crippen LogP contribution < -0.4 is 0 Å². The lowest BCUT2D eigenvalue weighted by Crippen LogP contribution is -2.63. The van der Waals surface area contributed by atoms with Crippen molar-refractivity contribution < 1.29 is 22.7 Å². The maximum absolute atomic E-state index is 12.4. The van der Waals surface area contributed by atoms with Gasteiger partial charge in [0, 0.05) is 19.0 Å². The summed E-state index contributed by atoms with van der Waals surface area (Å²) in [5, 5.41) is 0. The normalized spacial score (nSPS) is 27.0. The Morgan fingerprint density at radius 1 is 1.04 bits per heavy atom. The molecule has 2 atom stereocenters. The zero-order valence-electron chi connectivity index (χ0n) is 14.4. The number of fused-ring (bicyclic) bond motifs is 1. The predicted molar refractivity (Wildman–Crippen MR) is 85.7 cm³/mol. The number of sulfone groups is 1. The van der Waals surface area contributed by atoms with Gasteiger partial charge < -0.3 is 14.5 Å². The Labute approximate surface area is 137 Å². The van der Waals surface area contributed by atoms with E-state index in [1.54, 1.807) is 39.5 Å². The minimum absolute atomic E-state index is 0.0686. The van der Waals surface area contributed by atoms with Gasteiger partial charge in [0.1, 0.15) is 5.60 Å². The van der Waals surface area contributed by atoms with Crippen LogP contribution in [0.15, 0.2) is 0 Å². The van der Waals surface area contributed by atoms with Gasteiger partial charge in [-0.15, -0.1) is 0 Å². The van der Waals surface area contributed by atoms with E-state index in [2.05, 4.69) is 0 Å². The van der Waals surface area contributed by atoms with Gasteiger partial charge in [0.25, 0.3) is 0 Å². The van der Waals surface area contributed by atoms with E-state index >= 15 is 0 Å². The van der Waals surface area contributed by atoms with Crippen LogP contribution in [-0.2, 0) is 19.4 Å². The standard InChI is InChI=1S/C15H26N2O5S/c1-10(2)13(18)16-6-7-17(14(19)22-15(3,4)5)12-9-23(20,21)8-11(12)16/h10-12H,6-9H2,1-5H3/t11-,12-/m0/s1. The average Bonchev–Trinajstić information content (AvgIpc) is 2.68. The number of nitrogens with zero attached hydrogens (tertiary/aromatic N) is 2. The van der Waals surface area contributed by atoms with Gasteiger partial charge >= 0.3 is 6.09 Å². The molecule has 0 aromatic heterocycles. The molecule has 132 valence electrons. The quantitative estimate of drug-likeness (QED) is 0.704. The van der Waals surface area contributed by atoms with Crippen molar-refractivity contribution in [3.63, 3.8) is 0 Å². The molecule has 0 N–H and O–H groups in total. The van der Waals surface area contributed by atoms with Gasteiger partial charge in [-0.2, -0.15) is 0 Å². The van der Waals surface area contributed by atoms with Gasteiger partial charge in [-0.25, -0.2) is 13.2 Å². The molecule has 0 bridgehead atoms. The first-order chi connectivity index (χ1) is 10.4. The second kappa shape index (κ2) is 5.96. The molecular formula is C15H26N2O5S. The largest absolute Gasteiger partial charge is 0.444 e. The summed E-state index contributed by atoms with van der Waals surface area (Å²) in [6, 6.07) is -0.998. The van der Waals surface area contributed by atoms with Crippen molar-refractivity contribution in [1.82, 2.24) is 9.80 Å². The number of hydrogen-bond donors (Lipinski definition) is 0. The number of carbonyl (C=O) groups is 2. The Morgan fingerprint density at radius 2 is 1.52 bits per heavy atom. The maximum atomic E-state index is 12.4. The molecule has 0 aromatic rings. The first kappa shape index (κ1) is 18.0. The molecule has 0 aliphatic carbocycles. The van der Waals surface area contributed by atoms with Crippen molar-refractivity contribution in [3.8, 4) is 0 Å². The molecule has 0 spiro atoms. The topological polar surface area (TPSA) is 84.0 Å². The SMILES string of the molecule is CC(C)C(=O)N1CCN(C(=O)OC(C)(C)C)[C@H]2CS(=O)(=O)C[C@@H]21. The van der Waals surface area contributed by atoms with Crippen molar-refractivity contribution in [2.45, 2.75) is 52.3 Å². The van der Waals surface area contributed by atoms with Crippen LogP contribution in [0.2, 0.25) is 0 Å². The summed E-state index contributed by atoms with van der Waals surface area (Å²) >= 11 is 0. The third-order valence-electron chi connectivity index (χ3n) is 4.08. The van der Waals surface area contributed by atoms with Crippen molar-refractivity contribution in [3.05, 3.63) is 0 Å². The number of hydrogen-bond acceptors (Lipinski definition) is 5. The van der Waals surface area contributed by atoms with E-state index in [0.29, 0.717) is 13.1 Å². The van der Waals surface area contributed by atoms with Gasteiger partial charge in [0.05, 0.1) is 23.6 Å². The Bertz CT molecular complexity index is 593. The third-order valence-corrected chi connectivity index (χ3v) is 5.78. The third kappa shape index (κ3) is 3.97. The number of carbonyl (C=O) groups excluding carboxylic acids is 2. The molecule has 2 fully saturated rings. The van der Waals surface area contributed by atoms with Gasteiger partial charge in [-0.05, 0) is 20.8 Å². The molecule has 2 aliphatic heterocycles. The smallest absolute Gasteiger partial charge is 0.410 e. The van der Waals surface area contributed by atoms with Gasteiger partial charge in [0.15, 0.2) is 9.84 Å². The Hall–Kier alpha value is -1.31. The van der Waals surface area contributed by atoms with Crippen LogP contribution >= 0.6 is 0 Å². The van der Waals surface area contributed by atoms with Gasteiger partial charge in [-0.1, -0.05) is 13.8 Å². The van der Waals surface area contributed by atoms with Crippen molar-refractivity contribution in [2.75, 3.05) is 24.6 Å². The molecule has 0 saturated carbocycles. The second-order valence-corrected chi connectivity index (χ2v) is 9.73. The highest BCUT2D eigenvalue weighted by Crippen LogP contribution is 2.29. The van der Waals surface area contributed by atoms with E-state index in [9.17, 15) is 18.0 Å². The summed E-state index contributed by atoms with van der Waals surface area (Å²) < 4.78 is 29.5. The lowest BCUT2D eigenvalue weighted by atomic mass is 10.0. The van der Waals surface area contributed by atoms with Gasteiger partial charge in [0.2, 0.25) is 5.91 Å². The lowest BCUT2D eigenvalue weighted by molar-refractivity contribution is -0.140. The fourth-order valence-electron chi connectivity index (χ4n) is 3.11.